The van der Waals surface area contributed by atoms with E-state index in [0.717, 1.165) is 31.6 Å². The molecule has 0 bridgehead atoms. The highest BCUT2D eigenvalue weighted by Crippen LogP contribution is 2.34. The van der Waals surface area contributed by atoms with Gasteiger partial charge in [0, 0.05) is 25.0 Å². The molecule has 0 radical (unpaired) electrons. The number of carbonyl (C=O) groups is 2. The first kappa shape index (κ1) is 20.0. The maximum atomic E-state index is 12.5. The van der Waals surface area contributed by atoms with Gasteiger partial charge in [0.15, 0.2) is 0 Å². The molecule has 3 rings (SSSR count). The zero-order chi connectivity index (χ0) is 20.1. The Morgan fingerprint density at radius 3 is 2.36 bits per heavy atom. The molecule has 6 nitrogen and oxygen atoms in total. The molecular formula is C21H23ClN2O4. The first-order chi connectivity index (χ1) is 13.6. The van der Waals surface area contributed by atoms with Gasteiger partial charge in [-0.25, -0.2) is 9.59 Å². The lowest BCUT2D eigenvalue weighted by Crippen LogP contribution is -2.30. The molecular weight excluding hydrogens is 380 g/mol. The molecule has 2 heterocycles. The van der Waals surface area contributed by atoms with Gasteiger partial charge in [-0.15, -0.1) is 0 Å². The van der Waals surface area contributed by atoms with Crippen LogP contribution in [0.4, 0.5) is 11.4 Å². The molecule has 2 aliphatic rings. The third kappa shape index (κ3) is 4.07. The third-order valence-electron chi connectivity index (χ3n) is 4.80. The van der Waals surface area contributed by atoms with Crippen molar-refractivity contribution in [3.63, 3.8) is 0 Å². The number of piperidine rings is 1. The van der Waals surface area contributed by atoms with Crippen LogP contribution in [-0.2, 0) is 19.1 Å². The number of hydrogen-bond donors (Lipinski definition) is 0. The summed E-state index contributed by atoms with van der Waals surface area (Å²) in [4.78, 5) is 28.6. The molecule has 0 spiro atoms. The summed E-state index contributed by atoms with van der Waals surface area (Å²) in [5.74, 6) is -1.27. The van der Waals surface area contributed by atoms with E-state index in [4.69, 9.17) is 21.1 Å². The molecule has 1 aromatic rings. The fourth-order valence-corrected chi connectivity index (χ4v) is 3.70. The smallest absolute Gasteiger partial charge is 0.355 e. The van der Waals surface area contributed by atoms with Gasteiger partial charge in [0.1, 0.15) is 5.70 Å². The monoisotopic (exact) mass is 402 g/mol. The van der Waals surface area contributed by atoms with E-state index in [2.05, 4.69) is 4.90 Å². The number of hydrogen-bond acceptors (Lipinski definition) is 6. The van der Waals surface area contributed by atoms with Crippen LogP contribution < -0.4 is 9.80 Å². The lowest BCUT2D eigenvalue weighted by molar-refractivity contribution is -0.139. The van der Waals surface area contributed by atoms with Crippen molar-refractivity contribution in [2.75, 3.05) is 37.1 Å². The van der Waals surface area contributed by atoms with Crippen LogP contribution in [-0.4, -0.2) is 39.2 Å². The molecule has 0 amide bonds. The van der Waals surface area contributed by atoms with Gasteiger partial charge >= 0.3 is 11.9 Å². The number of carbonyl (C=O) groups excluding carboxylic acids is 2. The summed E-state index contributed by atoms with van der Waals surface area (Å²) in [5, 5.41) is 0.592. The molecule has 0 N–H and O–H groups in total. The highest BCUT2D eigenvalue weighted by atomic mass is 35.5. The second-order valence-corrected chi connectivity index (χ2v) is 6.91. The topological polar surface area (TPSA) is 59.1 Å². The first-order valence-electron chi connectivity index (χ1n) is 9.16. The number of allylic oxidation sites excluding steroid dienone is 2. The van der Waals surface area contributed by atoms with Crippen LogP contribution in [0.15, 0.2) is 53.9 Å². The van der Waals surface area contributed by atoms with Gasteiger partial charge in [-0.2, -0.15) is 0 Å². The Hall–Kier alpha value is -2.73. The Morgan fingerprint density at radius 2 is 1.71 bits per heavy atom. The van der Waals surface area contributed by atoms with Crippen molar-refractivity contribution in [2.45, 2.75) is 19.3 Å². The predicted molar refractivity (Wildman–Crippen MR) is 109 cm³/mol. The van der Waals surface area contributed by atoms with Crippen molar-refractivity contribution in [3.8, 4) is 0 Å². The summed E-state index contributed by atoms with van der Waals surface area (Å²) in [6, 6.07) is 5.62. The summed E-state index contributed by atoms with van der Waals surface area (Å²) in [7, 11) is 2.54. The number of anilines is 2. The predicted octanol–water partition coefficient (Wildman–Crippen LogP) is 3.82. The van der Waals surface area contributed by atoms with Crippen LogP contribution in [0.25, 0.3) is 0 Å². The molecule has 1 saturated heterocycles. The van der Waals surface area contributed by atoms with Crippen LogP contribution in [0.3, 0.4) is 0 Å². The second kappa shape index (κ2) is 8.97. The Labute approximate surface area is 169 Å². The van der Waals surface area contributed by atoms with Crippen LogP contribution >= 0.6 is 11.6 Å². The average Bonchev–Trinajstić information content (AvgIpc) is 2.96. The van der Waals surface area contributed by atoms with E-state index in [9.17, 15) is 9.59 Å². The molecule has 0 unspecified atom stereocenters. The van der Waals surface area contributed by atoms with Crippen molar-refractivity contribution < 1.29 is 19.1 Å². The van der Waals surface area contributed by atoms with Gasteiger partial charge in [0.25, 0.3) is 0 Å². The number of nitrogens with zero attached hydrogens (tertiary/aromatic N) is 2. The zero-order valence-electron chi connectivity index (χ0n) is 16.0. The third-order valence-corrected chi connectivity index (χ3v) is 5.10. The number of esters is 2. The van der Waals surface area contributed by atoms with Crippen LogP contribution in [0.2, 0.25) is 5.02 Å². The van der Waals surface area contributed by atoms with E-state index in [0.29, 0.717) is 10.7 Å². The number of rotatable bonds is 4. The van der Waals surface area contributed by atoms with E-state index in [-0.39, 0.29) is 11.3 Å². The van der Waals surface area contributed by atoms with Crippen molar-refractivity contribution >= 4 is 34.9 Å². The summed E-state index contributed by atoms with van der Waals surface area (Å²) in [5.41, 5.74) is 1.79. The van der Waals surface area contributed by atoms with E-state index >= 15 is 0 Å². The van der Waals surface area contributed by atoms with E-state index < -0.39 is 11.9 Å². The Balaban J connectivity index is 2.03. The SMILES string of the molecule is COC(=O)C1=C(C(=O)OC)N(c2ccc(N3CCCCC3)c(Cl)c2)C=CC=C1. The minimum absolute atomic E-state index is 0.0705. The maximum absolute atomic E-state index is 12.5. The standard InChI is InChI=1S/C21H23ClN2O4/c1-27-20(25)16-8-4-7-13-24(19(16)21(26)28-2)15-9-10-18(17(22)14-15)23-11-5-3-6-12-23/h4,7-10,13-14H,3,5-6,11-12H2,1-2H3. The minimum atomic E-state index is -0.646. The minimum Gasteiger partial charge on any atom is -0.465 e. The highest BCUT2D eigenvalue weighted by Gasteiger charge is 2.28. The molecule has 28 heavy (non-hydrogen) atoms. The molecule has 0 atom stereocenters. The highest BCUT2D eigenvalue weighted by molar-refractivity contribution is 6.33. The molecule has 0 saturated carbocycles. The quantitative estimate of drug-likeness (QED) is 0.713. The normalized spacial score (nSPS) is 16.8. The van der Waals surface area contributed by atoms with Crippen LogP contribution in [0.5, 0.6) is 0 Å². The van der Waals surface area contributed by atoms with E-state index in [1.165, 1.54) is 26.7 Å². The number of methoxy groups -OCH3 is 2. The summed E-state index contributed by atoms with van der Waals surface area (Å²) in [6.45, 7) is 1.96. The molecule has 1 fully saturated rings. The van der Waals surface area contributed by atoms with Crippen LogP contribution in [0, 0.1) is 0 Å². The molecule has 0 aliphatic carbocycles. The lowest BCUT2D eigenvalue weighted by atomic mass is 10.1. The number of halogens is 1. The van der Waals surface area contributed by atoms with Crippen molar-refractivity contribution in [1.29, 1.82) is 0 Å². The molecule has 1 aromatic carbocycles. The van der Waals surface area contributed by atoms with E-state index in [1.807, 2.05) is 12.1 Å². The number of benzene rings is 1. The largest absolute Gasteiger partial charge is 0.465 e. The average molecular weight is 403 g/mol. The Kier molecular flexibility index (Phi) is 6.41. The second-order valence-electron chi connectivity index (χ2n) is 6.50. The maximum Gasteiger partial charge on any atom is 0.355 e. The fraction of sp³-hybridized carbons (Fsp3) is 0.333. The van der Waals surface area contributed by atoms with Gasteiger partial charge in [-0.1, -0.05) is 17.7 Å². The van der Waals surface area contributed by atoms with Crippen molar-refractivity contribution in [2.24, 2.45) is 0 Å². The zero-order valence-corrected chi connectivity index (χ0v) is 16.7. The molecule has 7 heteroatoms. The Bertz CT molecular complexity index is 854. The van der Waals surface area contributed by atoms with E-state index in [1.54, 1.807) is 29.3 Å². The van der Waals surface area contributed by atoms with Crippen LogP contribution in [0.1, 0.15) is 19.3 Å². The summed E-state index contributed by atoms with van der Waals surface area (Å²) < 4.78 is 9.75. The van der Waals surface area contributed by atoms with Crippen molar-refractivity contribution in [1.82, 2.24) is 0 Å². The molecule has 0 aromatic heterocycles. The molecule has 148 valence electrons. The Morgan fingerprint density at radius 1 is 1.00 bits per heavy atom. The van der Waals surface area contributed by atoms with Gasteiger partial charge in [-0.3, -0.25) is 0 Å². The van der Waals surface area contributed by atoms with Gasteiger partial charge < -0.3 is 19.3 Å². The van der Waals surface area contributed by atoms with Gasteiger partial charge in [-0.05, 0) is 49.6 Å². The first-order valence-corrected chi connectivity index (χ1v) is 9.54. The van der Waals surface area contributed by atoms with Gasteiger partial charge in [0.05, 0.1) is 30.5 Å². The fourth-order valence-electron chi connectivity index (χ4n) is 3.40. The summed E-state index contributed by atoms with van der Waals surface area (Å²) in [6.07, 6.45) is 10.1. The lowest BCUT2D eigenvalue weighted by Gasteiger charge is -2.30. The van der Waals surface area contributed by atoms with Gasteiger partial charge in [0.2, 0.25) is 0 Å². The number of ether oxygens (including phenoxy) is 2. The summed E-state index contributed by atoms with van der Waals surface area (Å²) >= 11 is 6.58. The molecule has 2 aliphatic heterocycles. The van der Waals surface area contributed by atoms with Crippen molar-refractivity contribution in [3.05, 3.63) is 58.9 Å².